The van der Waals surface area contributed by atoms with Crippen LogP contribution >= 0.6 is 0 Å². The first-order valence-corrected chi connectivity index (χ1v) is 11.2. The normalized spacial score (nSPS) is 12.8. The van der Waals surface area contributed by atoms with Gasteiger partial charge in [0.2, 0.25) is 0 Å². The first-order valence-electron chi connectivity index (χ1n) is 11.7. The molecule has 0 spiro atoms. The number of benzene rings is 2. The number of hydrogen-bond donors (Lipinski definition) is 1. The fourth-order valence-corrected chi connectivity index (χ4v) is 4.12. The third-order valence-electron chi connectivity index (χ3n) is 5.58. The number of aromatic nitrogens is 5. The summed E-state index contributed by atoms with van der Waals surface area (Å²) in [5.41, 5.74) is 2.85. The lowest BCUT2D eigenvalue weighted by molar-refractivity contribution is 0.179. The molecule has 0 unspecified atom stereocenters. The summed E-state index contributed by atoms with van der Waals surface area (Å²) in [6.07, 6.45) is 4.83. The van der Waals surface area contributed by atoms with Gasteiger partial charge in [-0.3, -0.25) is 9.67 Å². The average Bonchev–Trinajstić information content (AvgIpc) is 3.18. The van der Waals surface area contributed by atoms with Crippen LogP contribution in [0.25, 0.3) is 32.9 Å². The second-order valence-electron chi connectivity index (χ2n) is 8.70. The Balaban J connectivity index is 1.65. The number of ether oxygens (including phenoxy) is 1. The van der Waals surface area contributed by atoms with Gasteiger partial charge >= 0.3 is 0 Å². The Kier molecular flexibility index (Phi) is 5.67. The molecule has 5 aromatic rings. The van der Waals surface area contributed by atoms with Gasteiger partial charge in [-0.1, -0.05) is 0 Å². The van der Waals surface area contributed by atoms with Crippen LogP contribution in [0, 0.1) is 5.82 Å². The Morgan fingerprint density at radius 1 is 1.14 bits per heavy atom. The summed E-state index contributed by atoms with van der Waals surface area (Å²) in [5.74, 6) is 0.533. The molecule has 0 saturated carbocycles. The van der Waals surface area contributed by atoms with Gasteiger partial charge in [-0.15, -0.1) is 0 Å². The van der Waals surface area contributed by atoms with Crippen molar-refractivity contribution in [3.8, 4) is 16.9 Å². The number of likely N-dealkylation sites (N-methyl/N-ethyl adjacent to an activating group) is 1. The molecular weight excluding hydrogens is 445 g/mol. The van der Waals surface area contributed by atoms with Crippen molar-refractivity contribution in [2.45, 2.75) is 13.0 Å². The molecule has 178 valence electrons. The molecule has 5 rings (SSSR count). The Morgan fingerprint density at radius 3 is 2.77 bits per heavy atom. The number of aryl methyl sites for hydroxylation is 1. The standard InChI is InChI=1S/C26H26FN7O/c1-16(13-33(2)3)35-23-11-17(18-12-31-34(4)14-18)10-22-24(23)26(30-15-29-22)32-21-8-7-20-19(25(21)27)6-5-9-28-20/h5-12,14-16H,13H2,1-4H3,(H,29,30,32)/t16-/m1/s1/i14D. The molecule has 0 bridgehead atoms. The van der Waals surface area contributed by atoms with Gasteiger partial charge in [0, 0.05) is 36.9 Å². The van der Waals surface area contributed by atoms with E-state index in [9.17, 15) is 0 Å². The maximum absolute atomic E-state index is 15.3. The van der Waals surface area contributed by atoms with E-state index in [0.717, 1.165) is 5.56 Å². The van der Waals surface area contributed by atoms with Crippen LogP contribution in [0.2, 0.25) is 0 Å². The minimum absolute atomic E-state index is 0.153. The molecule has 0 fully saturated rings. The summed E-state index contributed by atoms with van der Waals surface area (Å²) in [5, 5.41) is 8.37. The number of halogens is 1. The molecule has 0 aliphatic heterocycles. The van der Waals surface area contributed by atoms with Crippen molar-refractivity contribution in [1.29, 1.82) is 0 Å². The van der Waals surface area contributed by atoms with Gasteiger partial charge in [-0.25, -0.2) is 14.4 Å². The summed E-state index contributed by atoms with van der Waals surface area (Å²) in [7, 11) is 5.68. The highest BCUT2D eigenvalue weighted by Crippen LogP contribution is 2.37. The lowest BCUT2D eigenvalue weighted by Crippen LogP contribution is -2.28. The lowest BCUT2D eigenvalue weighted by atomic mass is 10.1. The smallest absolute Gasteiger partial charge is 0.156 e. The minimum atomic E-state index is -0.415. The van der Waals surface area contributed by atoms with Gasteiger partial charge in [-0.2, -0.15) is 5.10 Å². The number of anilines is 2. The third kappa shape index (κ3) is 4.63. The van der Waals surface area contributed by atoms with E-state index in [1.807, 2.05) is 38.1 Å². The zero-order valence-electron chi connectivity index (χ0n) is 21.0. The zero-order valence-corrected chi connectivity index (χ0v) is 20.0. The predicted molar refractivity (Wildman–Crippen MR) is 135 cm³/mol. The highest BCUT2D eigenvalue weighted by Gasteiger charge is 2.18. The van der Waals surface area contributed by atoms with Crippen LogP contribution in [0.4, 0.5) is 15.9 Å². The van der Waals surface area contributed by atoms with E-state index in [1.54, 1.807) is 43.7 Å². The molecule has 35 heavy (non-hydrogen) atoms. The van der Waals surface area contributed by atoms with Gasteiger partial charge in [0.25, 0.3) is 0 Å². The summed E-state index contributed by atoms with van der Waals surface area (Å²) >= 11 is 0. The monoisotopic (exact) mass is 472 g/mol. The van der Waals surface area contributed by atoms with Crippen molar-refractivity contribution in [3.05, 3.63) is 67.1 Å². The molecule has 2 aromatic carbocycles. The molecular formula is C26H26FN7O. The van der Waals surface area contributed by atoms with E-state index in [4.69, 9.17) is 6.11 Å². The topological polar surface area (TPSA) is 81.0 Å². The summed E-state index contributed by atoms with van der Waals surface area (Å²) in [4.78, 5) is 15.2. The highest BCUT2D eigenvalue weighted by atomic mass is 19.1. The van der Waals surface area contributed by atoms with Crippen LogP contribution in [0.5, 0.6) is 5.75 Å². The average molecular weight is 473 g/mol. The van der Waals surface area contributed by atoms with Gasteiger partial charge in [0.1, 0.15) is 24.0 Å². The van der Waals surface area contributed by atoms with E-state index < -0.39 is 5.82 Å². The summed E-state index contributed by atoms with van der Waals surface area (Å²) in [6, 6.07) is 10.5. The quantitative estimate of drug-likeness (QED) is 0.365. The van der Waals surface area contributed by atoms with Crippen LogP contribution in [0.3, 0.4) is 0 Å². The van der Waals surface area contributed by atoms with Crippen LogP contribution < -0.4 is 10.1 Å². The van der Waals surface area contributed by atoms with Gasteiger partial charge < -0.3 is 15.0 Å². The van der Waals surface area contributed by atoms with Crippen LogP contribution in [0.15, 0.2) is 61.3 Å². The Labute approximate surface area is 203 Å². The van der Waals surface area contributed by atoms with E-state index in [1.165, 1.54) is 11.0 Å². The Bertz CT molecular complexity index is 1570. The zero-order chi connectivity index (χ0) is 25.4. The molecule has 3 heterocycles. The second kappa shape index (κ2) is 9.27. The molecule has 0 amide bonds. The second-order valence-corrected chi connectivity index (χ2v) is 8.70. The number of nitrogens with one attached hydrogen (secondary N) is 1. The van der Waals surface area contributed by atoms with Gasteiger partial charge in [0.15, 0.2) is 5.82 Å². The van der Waals surface area contributed by atoms with Crippen LogP contribution in [-0.4, -0.2) is 56.4 Å². The van der Waals surface area contributed by atoms with Crippen molar-refractivity contribution >= 4 is 33.3 Å². The molecule has 0 aliphatic rings. The van der Waals surface area contributed by atoms with Crippen LogP contribution in [-0.2, 0) is 7.05 Å². The molecule has 0 saturated heterocycles. The molecule has 1 atom stereocenters. The Morgan fingerprint density at radius 2 is 2.00 bits per heavy atom. The molecule has 8 nitrogen and oxygen atoms in total. The van der Waals surface area contributed by atoms with E-state index in [0.29, 0.717) is 45.5 Å². The fraction of sp³-hybridized carbons (Fsp3) is 0.231. The van der Waals surface area contributed by atoms with Crippen molar-refractivity contribution in [3.63, 3.8) is 0 Å². The van der Waals surface area contributed by atoms with Crippen molar-refractivity contribution < 1.29 is 10.5 Å². The summed E-state index contributed by atoms with van der Waals surface area (Å²) < 4.78 is 31.6. The SMILES string of the molecule is [2H]c1c(-c2cc(O[C@H](C)CN(C)C)c3c(Nc4ccc5ncccc5c4F)ncnc3c2)cnn1C. The molecule has 0 aliphatic carbocycles. The largest absolute Gasteiger partial charge is 0.489 e. The van der Waals surface area contributed by atoms with Crippen LogP contribution in [0.1, 0.15) is 8.29 Å². The fourth-order valence-electron chi connectivity index (χ4n) is 4.12. The van der Waals surface area contributed by atoms with Gasteiger partial charge in [0.05, 0.1) is 29.7 Å². The highest BCUT2D eigenvalue weighted by molar-refractivity contribution is 5.99. The minimum Gasteiger partial charge on any atom is -0.489 e. The Hall–Kier alpha value is -4.11. The molecule has 0 radical (unpaired) electrons. The van der Waals surface area contributed by atoms with Crippen molar-refractivity contribution in [2.24, 2.45) is 7.05 Å². The van der Waals surface area contributed by atoms with E-state index >= 15 is 4.39 Å². The van der Waals surface area contributed by atoms with E-state index in [-0.39, 0.29) is 18.0 Å². The molecule has 3 aromatic heterocycles. The molecule has 9 heteroatoms. The summed E-state index contributed by atoms with van der Waals surface area (Å²) in [6.45, 7) is 2.66. The predicted octanol–water partition coefficient (Wildman–Crippen LogP) is 4.79. The number of nitrogens with zero attached hydrogens (tertiary/aromatic N) is 6. The lowest BCUT2D eigenvalue weighted by Gasteiger charge is -2.21. The number of fused-ring (bicyclic) bond motifs is 2. The van der Waals surface area contributed by atoms with Crippen molar-refractivity contribution in [2.75, 3.05) is 26.0 Å². The molecule has 1 N–H and O–H groups in total. The maximum atomic E-state index is 15.3. The number of pyridine rings is 1. The maximum Gasteiger partial charge on any atom is 0.156 e. The first kappa shape index (κ1) is 21.4. The number of rotatable bonds is 7. The van der Waals surface area contributed by atoms with Crippen molar-refractivity contribution in [1.82, 2.24) is 29.6 Å². The van der Waals surface area contributed by atoms with E-state index in [2.05, 4.69) is 25.4 Å². The van der Waals surface area contributed by atoms with Gasteiger partial charge in [-0.05, 0) is 63.0 Å². The first-order chi connectivity index (χ1) is 17.3. The third-order valence-corrected chi connectivity index (χ3v) is 5.58. The number of hydrogen-bond acceptors (Lipinski definition) is 7.